The third-order valence-corrected chi connectivity index (χ3v) is 2.58. The van der Waals surface area contributed by atoms with E-state index in [2.05, 4.69) is 0 Å². The van der Waals surface area contributed by atoms with Gasteiger partial charge < -0.3 is 21.1 Å². The summed E-state index contributed by atoms with van der Waals surface area (Å²) in [5.74, 6) is -1.12. The van der Waals surface area contributed by atoms with Crippen molar-refractivity contribution in [3.05, 3.63) is 34.9 Å². The zero-order valence-corrected chi connectivity index (χ0v) is 9.63. The van der Waals surface area contributed by atoms with Crippen LogP contribution in [0.1, 0.15) is 34.0 Å². The Bertz CT molecular complexity index is 405. The number of benzene rings is 1. The predicted molar refractivity (Wildman–Crippen MR) is 62.8 cm³/mol. The van der Waals surface area contributed by atoms with Gasteiger partial charge in [0.1, 0.15) is 6.10 Å². The van der Waals surface area contributed by atoms with Crippen molar-refractivity contribution in [2.45, 2.75) is 25.6 Å². The highest BCUT2D eigenvalue weighted by atomic mass is 16.4. The van der Waals surface area contributed by atoms with Crippen LogP contribution >= 0.6 is 0 Å². The number of aliphatic hydroxyl groups is 2. The first-order chi connectivity index (χ1) is 7.97. The van der Waals surface area contributed by atoms with Crippen LogP contribution in [-0.4, -0.2) is 33.9 Å². The fourth-order valence-corrected chi connectivity index (χ4v) is 1.65. The number of carboxylic acids is 1. The minimum atomic E-state index is -1.23. The lowest BCUT2D eigenvalue weighted by Gasteiger charge is -2.19. The predicted octanol–water partition coefficient (Wildman–Crippen LogP) is 0.436. The van der Waals surface area contributed by atoms with Gasteiger partial charge in [0, 0.05) is 0 Å². The quantitative estimate of drug-likeness (QED) is 0.596. The van der Waals surface area contributed by atoms with Crippen molar-refractivity contribution < 1.29 is 20.1 Å². The van der Waals surface area contributed by atoms with Crippen LogP contribution in [0.5, 0.6) is 0 Å². The van der Waals surface area contributed by atoms with E-state index < -0.39 is 18.2 Å². The first-order valence-corrected chi connectivity index (χ1v) is 5.37. The van der Waals surface area contributed by atoms with E-state index in [1.807, 2.05) is 0 Å². The first-order valence-electron chi connectivity index (χ1n) is 5.37. The SMILES string of the molecule is Cc1ccc(C(O)C(O)CCN)c(C(=O)O)c1. The van der Waals surface area contributed by atoms with Gasteiger partial charge in [-0.25, -0.2) is 4.79 Å². The van der Waals surface area contributed by atoms with Crippen LogP contribution in [0.15, 0.2) is 18.2 Å². The van der Waals surface area contributed by atoms with Gasteiger partial charge in [-0.2, -0.15) is 0 Å². The van der Waals surface area contributed by atoms with Gasteiger partial charge in [0.2, 0.25) is 0 Å². The maximum Gasteiger partial charge on any atom is 0.336 e. The fraction of sp³-hybridized carbons (Fsp3) is 0.417. The van der Waals surface area contributed by atoms with Crippen LogP contribution in [0.25, 0.3) is 0 Å². The molecule has 0 heterocycles. The smallest absolute Gasteiger partial charge is 0.336 e. The lowest BCUT2D eigenvalue weighted by Crippen LogP contribution is -2.23. The summed E-state index contributed by atoms with van der Waals surface area (Å²) in [7, 11) is 0. The summed E-state index contributed by atoms with van der Waals surface area (Å²) < 4.78 is 0. The normalized spacial score (nSPS) is 14.4. The molecule has 1 rings (SSSR count). The molecule has 1 aromatic rings. The Labute approximate surface area is 99.5 Å². The van der Waals surface area contributed by atoms with Gasteiger partial charge in [-0.05, 0) is 31.5 Å². The van der Waals surface area contributed by atoms with Gasteiger partial charge in [0.25, 0.3) is 0 Å². The van der Waals surface area contributed by atoms with Gasteiger partial charge in [-0.1, -0.05) is 17.7 Å². The molecule has 0 amide bonds. The number of aromatic carboxylic acids is 1. The molecular formula is C12H17NO4. The molecule has 0 aliphatic rings. The summed E-state index contributed by atoms with van der Waals surface area (Å²) in [6.45, 7) is 1.99. The maximum atomic E-state index is 11.0. The third-order valence-electron chi connectivity index (χ3n) is 2.58. The molecule has 94 valence electrons. The summed E-state index contributed by atoms with van der Waals surface area (Å²) in [5, 5.41) is 28.5. The summed E-state index contributed by atoms with van der Waals surface area (Å²) >= 11 is 0. The molecule has 0 bridgehead atoms. The summed E-state index contributed by atoms with van der Waals surface area (Å²) in [6, 6.07) is 4.68. The van der Waals surface area contributed by atoms with Crippen LogP contribution in [0.3, 0.4) is 0 Å². The Morgan fingerprint density at radius 2 is 2.06 bits per heavy atom. The van der Waals surface area contributed by atoms with Gasteiger partial charge in [-0.15, -0.1) is 0 Å². The standard InChI is InChI=1S/C12H17NO4/c1-7-2-3-8(9(6-7)12(16)17)11(15)10(14)4-5-13/h2-3,6,10-11,14-15H,4-5,13H2,1H3,(H,16,17). The van der Waals surface area contributed by atoms with Gasteiger partial charge >= 0.3 is 5.97 Å². The summed E-state index contributed by atoms with van der Waals surface area (Å²) in [4.78, 5) is 11.0. The molecule has 0 aliphatic heterocycles. The number of nitrogens with two attached hydrogens (primary N) is 1. The van der Waals surface area contributed by atoms with E-state index in [4.69, 9.17) is 10.8 Å². The van der Waals surface area contributed by atoms with Gasteiger partial charge in [-0.3, -0.25) is 0 Å². The molecule has 5 N–H and O–H groups in total. The van der Waals surface area contributed by atoms with Crippen LogP contribution in [-0.2, 0) is 0 Å². The molecule has 0 fully saturated rings. The maximum absolute atomic E-state index is 11.0. The number of rotatable bonds is 5. The van der Waals surface area contributed by atoms with Crippen molar-refractivity contribution in [3.8, 4) is 0 Å². The fourth-order valence-electron chi connectivity index (χ4n) is 1.65. The minimum Gasteiger partial charge on any atom is -0.478 e. The monoisotopic (exact) mass is 239 g/mol. The van der Waals surface area contributed by atoms with E-state index in [0.29, 0.717) is 0 Å². The van der Waals surface area contributed by atoms with E-state index in [1.54, 1.807) is 13.0 Å². The molecule has 17 heavy (non-hydrogen) atoms. The van der Waals surface area contributed by atoms with Crippen molar-refractivity contribution in [3.63, 3.8) is 0 Å². The number of carbonyl (C=O) groups is 1. The molecule has 5 nitrogen and oxygen atoms in total. The lowest BCUT2D eigenvalue weighted by molar-refractivity contribution is 0.0141. The van der Waals surface area contributed by atoms with Gasteiger partial charge in [0.15, 0.2) is 0 Å². The second-order valence-electron chi connectivity index (χ2n) is 3.99. The van der Waals surface area contributed by atoms with Crippen molar-refractivity contribution in [2.75, 3.05) is 6.54 Å². The van der Waals surface area contributed by atoms with Gasteiger partial charge in [0.05, 0.1) is 11.7 Å². The Hall–Kier alpha value is -1.43. The van der Waals surface area contributed by atoms with Crippen LogP contribution in [0.4, 0.5) is 0 Å². The number of aryl methyl sites for hydroxylation is 1. The van der Waals surface area contributed by atoms with Crippen LogP contribution in [0.2, 0.25) is 0 Å². The summed E-state index contributed by atoms with van der Waals surface area (Å²) in [6.07, 6.45) is -2.07. The third kappa shape index (κ3) is 3.26. The lowest BCUT2D eigenvalue weighted by atomic mass is 9.95. The molecule has 0 saturated carbocycles. The van der Waals surface area contributed by atoms with E-state index >= 15 is 0 Å². The van der Waals surface area contributed by atoms with Crippen LogP contribution in [0, 0.1) is 6.92 Å². The highest BCUT2D eigenvalue weighted by molar-refractivity contribution is 5.89. The molecular weight excluding hydrogens is 222 g/mol. The molecule has 0 aliphatic carbocycles. The Kier molecular flexibility index (Phi) is 4.62. The largest absolute Gasteiger partial charge is 0.478 e. The molecule has 0 aromatic heterocycles. The number of hydrogen-bond acceptors (Lipinski definition) is 4. The molecule has 0 saturated heterocycles. The van der Waals surface area contributed by atoms with Crippen LogP contribution < -0.4 is 5.73 Å². The van der Waals surface area contributed by atoms with Crippen molar-refractivity contribution >= 4 is 5.97 Å². The first kappa shape index (κ1) is 13.6. The Morgan fingerprint density at radius 1 is 1.41 bits per heavy atom. The Morgan fingerprint density at radius 3 is 2.59 bits per heavy atom. The topological polar surface area (TPSA) is 104 Å². The van der Waals surface area contributed by atoms with E-state index in [0.717, 1.165) is 5.56 Å². The average molecular weight is 239 g/mol. The van der Waals surface area contributed by atoms with Crippen molar-refractivity contribution in [1.29, 1.82) is 0 Å². The van der Waals surface area contributed by atoms with Crippen molar-refractivity contribution in [1.82, 2.24) is 0 Å². The zero-order valence-electron chi connectivity index (χ0n) is 9.63. The highest BCUT2D eigenvalue weighted by Crippen LogP contribution is 2.23. The Balaban J connectivity index is 3.08. The minimum absolute atomic E-state index is 0.00794. The van der Waals surface area contributed by atoms with E-state index in [1.165, 1.54) is 12.1 Å². The highest BCUT2D eigenvalue weighted by Gasteiger charge is 2.23. The molecule has 2 unspecified atom stereocenters. The summed E-state index contributed by atoms with van der Waals surface area (Å²) in [5.41, 5.74) is 6.28. The molecule has 1 aromatic carbocycles. The zero-order chi connectivity index (χ0) is 13.0. The van der Waals surface area contributed by atoms with Crippen molar-refractivity contribution in [2.24, 2.45) is 5.73 Å². The van der Waals surface area contributed by atoms with E-state index in [9.17, 15) is 15.0 Å². The van der Waals surface area contributed by atoms with E-state index in [-0.39, 0.29) is 24.1 Å². The number of aliphatic hydroxyl groups excluding tert-OH is 2. The average Bonchev–Trinajstić information content (AvgIpc) is 2.28. The number of hydrogen-bond donors (Lipinski definition) is 4. The molecule has 0 spiro atoms. The number of carboxylic acid groups (broad SMARTS) is 1. The molecule has 5 heteroatoms. The molecule has 0 radical (unpaired) electrons. The second kappa shape index (κ2) is 5.77. The second-order valence-corrected chi connectivity index (χ2v) is 3.99. The molecule has 2 atom stereocenters.